The summed E-state index contributed by atoms with van der Waals surface area (Å²) in [6.07, 6.45) is 1.96. The molecule has 0 aliphatic rings. The summed E-state index contributed by atoms with van der Waals surface area (Å²) in [7, 11) is -2.38. The van der Waals surface area contributed by atoms with Gasteiger partial charge in [0, 0.05) is 28.4 Å². The molecule has 0 aliphatic heterocycles. The molecule has 0 aliphatic carbocycles. The molecule has 3 aromatic carbocycles. The maximum absolute atomic E-state index is 12.9. The molecular formula is C24H27N3O3S2. The van der Waals surface area contributed by atoms with Gasteiger partial charge in [-0.2, -0.15) is 0 Å². The number of hydrogen-bond donors (Lipinski definition) is 3. The number of rotatable bonds is 8. The highest BCUT2D eigenvalue weighted by Gasteiger charge is 2.17. The third kappa shape index (κ3) is 6.12. The molecule has 8 heteroatoms. The van der Waals surface area contributed by atoms with E-state index in [1.807, 2.05) is 38.3 Å². The Hall–Kier alpha value is -2.81. The van der Waals surface area contributed by atoms with Crippen molar-refractivity contribution in [1.29, 1.82) is 0 Å². The molecule has 0 heterocycles. The van der Waals surface area contributed by atoms with Crippen molar-refractivity contribution < 1.29 is 13.2 Å². The Kier molecular flexibility index (Phi) is 7.60. The van der Waals surface area contributed by atoms with E-state index in [2.05, 4.69) is 33.6 Å². The SMILES string of the molecule is CNS(=O)(=O)c1cc(NCc2cc(C)cc(C)c2)cc(C(=O)Nc2cccc(SC)c2)c1. The summed E-state index contributed by atoms with van der Waals surface area (Å²) in [5, 5.41) is 6.10. The van der Waals surface area contributed by atoms with E-state index in [0.717, 1.165) is 21.6 Å². The summed E-state index contributed by atoms with van der Waals surface area (Å²) in [5.41, 5.74) is 4.82. The number of benzene rings is 3. The minimum atomic E-state index is -3.73. The first-order valence-corrected chi connectivity index (χ1v) is 12.8. The van der Waals surface area contributed by atoms with Gasteiger partial charge >= 0.3 is 0 Å². The average Bonchev–Trinajstić information content (AvgIpc) is 2.77. The number of carbonyl (C=O) groups excluding carboxylic acids is 1. The van der Waals surface area contributed by atoms with Gasteiger partial charge in [0.1, 0.15) is 0 Å². The van der Waals surface area contributed by atoms with E-state index < -0.39 is 10.0 Å². The highest BCUT2D eigenvalue weighted by molar-refractivity contribution is 7.98. The van der Waals surface area contributed by atoms with E-state index in [-0.39, 0.29) is 16.4 Å². The van der Waals surface area contributed by atoms with E-state index in [9.17, 15) is 13.2 Å². The van der Waals surface area contributed by atoms with Crippen molar-refractivity contribution in [2.45, 2.75) is 30.2 Å². The Morgan fingerprint density at radius 1 is 0.938 bits per heavy atom. The molecule has 0 atom stereocenters. The first-order chi connectivity index (χ1) is 15.2. The Bertz CT molecular complexity index is 1220. The zero-order chi connectivity index (χ0) is 23.3. The second-order valence-electron chi connectivity index (χ2n) is 7.49. The molecule has 0 fully saturated rings. The normalized spacial score (nSPS) is 11.2. The topological polar surface area (TPSA) is 87.3 Å². The molecule has 6 nitrogen and oxygen atoms in total. The van der Waals surface area contributed by atoms with Crippen molar-refractivity contribution in [3.8, 4) is 0 Å². The van der Waals surface area contributed by atoms with Gasteiger partial charge in [0.25, 0.3) is 5.91 Å². The van der Waals surface area contributed by atoms with Gasteiger partial charge in [-0.05, 0) is 69.1 Å². The van der Waals surface area contributed by atoms with Crippen LogP contribution in [0.2, 0.25) is 0 Å². The van der Waals surface area contributed by atoms with E-state index in [1.165, 1.54) is 19.2 Å². The molecule has 0 saturated carbocycles. The minimum absolute atomic E-state index is 0.0217. The Morgan fingerprint density at radius 2 is 1.66 bits per heavy atom. The summed E-state index contributed by atoms with van der Waals surface area (Å²) >= 11 is 1.57. The zero-order valence-electron chi connectivity index (χ0n) is 18.5. The fourth-order valence-corrected chi connectivity index (χ4v) is 4.64. The Labute approximate surface area is 193 Å². The van der Waals surface area contributed by atoms with Gasteiger partial charge in [0.2, 0.25) is 10.0 Å². The van der Waals surface area contributed by atoms with Crippen molar-refractivity contribution >= 4 is 39.1 Å². The molecule has 32 heavy (non-hydrogen) atoms. The lowest BCUT2D eigenvalue weighted by atomic mass is 10.1. The van der Waals surface area contributed by atoms with Crippen LogP contribution in [0, 0.1) is 13.8 Å². The summed E-state index contributed by atoms with van der Waals surface area (Å²) in [5.74, 6) is -0.383. The molecule has 0 spiro atoms. The van der Waals surface area contributed by atoms with Gasteiger partial charge in [0.15, 0.2) is 0 Å². The minimum Gasteiger partial charge on any atom is -0.381 e. The molecule has 1 amide bonds. The van der Waals surface area contributed by atoms with Crippen LogP contribution in [0.3, 0.4) is 0 Å². The lowest BCUT2D eigenvalue weighted by Crippen LogP contribution is -2.20. The van der Waals surface area contributed by atoms with Crippen LogP contribution >= 0.6 is 11.8 Å². The number of carbonyl (C=O) groups is 1. The predicted molar refractivity (Wildman–Crippen MR) is 132 cm³/mol. The van der Waals surface area contributed by atoms with E-state index in [4.69, 9.17) is 0 Å². The number of thioether (sulfide) groups is 1. The van der Waals surface area contributed by atoms with Crippen LogP contribution < -0.4 is 15.4 Å². The Balaban J connectivity index is 1.90. The molecule has 3 aromatic rings. The van der Waals surface area contributed by atoms with Crippen LogP contribution in [0.15, 0.2) is 70.5 Å². The lowest BCUT2D eigenvalue weighted by molar-refractivity contribution is 0.102. The lowest BCUT2D eigenvalue weighted by Gasteiger charge is -2.13. The second-order valence-corrected chi connectivity index (χ2v) is 10.3. The number of sulfonamides is 1. The smallest absolute Gasteiger partial charge is 0.255 e. The summed E-state index contributed by atoms with van der Waals surface area (Å²) in [4.78, 5) is 14.0. The van der Waals surface area contributed by atoms with Gasteiger partial charge in [-0.1, -0.05) is 35.4 Å². The van der Waals surface area contributed by atoms with Gasteiger partial charge in [-0.15, -0.1) is 11.8 Å². The van der Waals surface area contributed by atoms with Crippen molar-refractivity contribution in [3.63, 3.8) is 0 Å². The van der Waals surface area contributed by atoms with Crippen molar-refractivity contribution in [3.05, 3.63) is 82.9 Å². The third-order valence-electron chi connectivity index (χ3n) is 4.85. The zero-order valence-corrected chi connectivity index (χ0v) is 20.2. The molecule has 168 valence electrons. The van der Waals surface area contributed by atoms with Crippen LogP contribution in [0.25, 0.3) is 0 Å². The number of aryl methyl sites for hydroxylation is 2. The maximum Gasteiger partial charge on any atom is 0.255 e. The molecule has 0 saturated heterocycles. The second kappa shape index (κ2) is 10.2. The van der Waals surface area contributed by atoms with Crippen LogP contribution in [-0.2, 0) is 16.6 Å². The molecule has 3 N–H and O–H groups in total. The fourth-order valence-electron chi connectivity index (χ4n) is 3.38. The quantitative estimate of drug-likeness (QED) is 0.413. The third-order valence-corrected chi connectivity index (χ3v) is 6.97. The molecule has 3 rings (SSSR count). The number of hydrogen-bond acceptors (Lipinski definition) is 5. The summed E-state index contributed by atoms with van der Waals surface area (Å²) in [6.45, 7) is 4.57. The van der Waals surface area contributed by atoms with Gasteiger partial charge in [0.05, 0.1) is 4.90 Å². The van der Waals surface area contributed by atoms with Crippen LogP contribution in [0.4, 0.5) is 11.4 Å². The predicted octanol–water partition coefficient (Wildman–Crippen LogP) is 4.80. The average molecular weight is 470 g/mol. The molecule has 0 bridgehead atoms. The number of anilines is 2. The standard InChI is InChI=1S/C24H27N3O3S2/c1-16-8-17(2)10-18(9-16)15-26-21-11-19(12-23(14-21)32(29,30)25-3)24(28)27-20-6-5-7-22(13-20)31-4/h5-14,25-26H,15H2,1-4H3,(H,27,28). The molecular weight excluding hydrogens is 442 g/mol. The van der Waals surface area contributed by atoms with Crippen molar-refractivity contribution in [1.82, 2.24) is 4.72 Å². The van der Waals surface area contributed by atoms with Gasteiger partial charge < -0.3 is 10.6 Å². The first-order valence-electron chi connectivity index (χ1n) is 10.1. The van der Waals surface area contributed by atoms with Gasteiger partial charge in [-0.25, -0.2) is 13.1 Å². The number of nitrogens with one attached hydrogen (secondary N) is 3. The van der Waals surface area contributed by atoms with Crippen LogP contribution in [0.5, 0.6) is 0 Å². The number of amides is 1. The monoisotopic (exact) mass is 469 g/mol. The first kappa shape index (κ1) is 23.8. The highest BCUT2D eigenvalue weighted by atomic mass is 32.2. The molecule has 0 aromatic heterocycles. The summed E-state index contributed by atoms with van der Waals surface area (Å²) < 4.78 is 27.2. The van der Waals surface area contributed by atoms with E-state index in [1.54, 1.807) is 23.9 Å². The highest BCUT2D eigenvalue weighted by Crippen LogP contribution is 2.23. The Morgan fingerprint density at radius 3 is 2.31 bits per heavy atom. The van der Waals surface area contributed by atoms with Crippen molar-refractivity contribution in [2.75, 3.05) is 23.9 Å². The largest absolute Gasteiger partial charge is 0.381 e. The van der Waals surface area contributed by atoms with Crippen LogP contribution in [0.1, 0.15) is 27.0 Å². The van der Waals surface area contributed by atoms with Crippen LogP contribution in [-0.4, -0.2) is 27.6 Å². The molecule has 0 radical (unpaired) electrons. The maximum atomic E-state index is 12.9. The van der Waals surface area contributed by atoms with E-state index >= 15 is 0 Å². The molecule has 0 unspecified atom stereocenters. The van der Waals surface area contributed by atoms with E-state index in [0.29, 0.717) is 17.9 Å². The fraction of sp³-hybridized carbons (Fsp3) is 0.208. The van der Waals surface area contributed by atoms with Gasteiger partial charge in [-0.3, -0.25) is 4.79 Å². The summed E-state index contributed by atoms with van der Waals surface area (Å²) in [6, 6.07) is 18.3. The van der Waals surface area contributed by atoms with Crippen molar-refractivity contribution in [2.24, 2.45) is 0 Å².